The van der Waals surface area contributed by atoms with Crippen LogP contribution in [0.25, 0.3) is 0 Å². The number of carbonyl (C=O) groups excluding carboxylic acids is 1. The maximum Gasteiger partial charge on any atom is 0.249 e. The zero-order chi connectivity index (χ0) is 12.8. The van der Waals surface area contributed by atoms with Crippen molar-refractivity contribution < 1.29 is 4.79 Å². The molecule has 0 aromatic carbocycles. The highest BCUT2D eigenvalue weighted by atomic mass is 16.2. The summed E-state index contributed by atoms with van der Waals surface area (Å²) < 4.78 is 0. The van der Waals surface area contributed by atoms with E-state index >= 15 is 0 Å². The topological polar surface area (TPSA) is 46.3 Å². The van der Waals surface area contributed by atoms with E-state index < -0.39 is 0 Å². The average Bonchev–Trinajstić information content (AvgIpc) is 2.78. The van der Waals surface area contributed by atoms with Crippen molar-refractivity contribution in [3.63, 3.8) is 0 Å². The number of nitrogens with zero attached hydrogens (tertiary/aromatic N) is 1. The normalized spacial score (nSPS) is 25.1. The molecule has 1 rings (SSSR count). The summed E-state index contributed by atoms with van der Waals surface area (Å²) in [4.78, 5) is 14.3. The predicted molar refractivity (Wildman–Crippen MR) is 71.6 cm³/mol. The van der Waals surface area contributed by atoms with E-state index in [2.05, 4.69) is 13.8 Å². The van der Waals surface area contributed by atoms with E-state index in [1.54, 1.807) is 0 Å². The molecule has 3 heteroatoms. The molecule has 0 aromatic heterocycles. The molecule has 2 unspecified atom stereocenters. The molecule has 1 aliphatic carbocycles. The number of hydrogen-bond acceptors (Lipinski definition) is 2. The van der Waals surface area contributed by atoms with Gasteiger partial charge < -0.3 is 10.6 Å². The van der Waals surface area contributed by atoms with Gasteiger partial charge in [-0.2, -0.15) is 0 Å². The Morgan fingerprint density at radius 3 is 2.65 bits per heavy atom. The second kappa shape index (κ2) is 6.80. The summed E-state index contributed by atoms with van der Waals surface area (Å²) in [6.45, 7) is 7.52. The van der Waals surface area contributed by atoms with Crippen molar-refractivity contribution >= 4 is 5.91 Å². The molecular weight excluding hydrogens is 212 g/mol. The molecule has 2 atom stereocenters. The fourth-order valence-electron chi connectivity index (χ4n) is 2.85. The summed E-state index contributed by atoms with van der Waals surface area (Å²) in [6.07, 6.45) is 6.41. The monoisotopic (exact) mass is 238 g/mol. The standard InChI is InChI=1S/C14H26N2O/c1-4-7-11(3)14(17)16(5-2)13-9-6-8-12(13)10-15/h7,12-13H,4-6,8-10,15H2,1-3H3. The lowest BCUT2D eigenvalue weighted by Gasteiger charge is -2.32. The van der Waals surface area contributed by atoms with Gasteiger partial charge in [-0.15, -0.1) is 0 Å². The van der Waals surface area contributed by atoms with Gasteiger partial charge in [-0.1, -0.05) is 19.4 Å². The lowest BCUT2D eigenvalue weighted by Crippen LogP contribution is -2.44. The lowest BCUT2D eigenvalue weighted by molar-refractivity contribution is -0.129. The highest BCUT2D eigenvalue weighted by Crippen LogP contribution is 2.29. The number of likely N-dealkylation sites (N-methyl/N-ethyl adjacent to an activating group) is 1. The molecule has 1 aliphatic rings. The molecule has 0 heterocycles. The smallest absolute Gasteiger partial charge is 0.249 e. The highest BCUT2D eigenvalue weighted by molar-refractivity contribution is 5.93. The molecule has 2 N–H and O–H groups in total. The molecule has 0 aromatic rings. The first-order valence-corrected chi connectivity index (χ1v) is 6.83. The predicted octanol–water partition coefficient (Wildman–Crippen LogP) is 2.32. The van der Waals surface area contributed by atoms with Crippen molar-refractivity contribution in [1.82, 2.24) is 4.90 Å². The van der Waals surface area contributed by atoms with Crippen LogP contribution < -0.4 is 5.73 Å². The molecule has 98 valence electrons. The van der Waals surface area contributed by atoms with E-state index in [9.17, 15) is 4.79 Å². The minimum absolute atomic E-state index is 0.194. The summed E-state index contributed by atoms with van der Waals surface area (Å²) in [5.41, 5.74) is 6.67. The molecule has 0 saturated heterocycles. The van der Waals surface area contributed by atoms with Crippen LogP contribution in [0.3, 0.4) is 0 Å². The summed E-state index contributed by atoms with van der Waals surface area (Å²) in [5.74, 6) is 0.688. The number of carbonyl (C=O) groups is 1. The maximum atomic E-state index is 12.3. The van der Waals surface area contributed by atoms with E-state index in [4.69, 9.17) is 5.73 Å². The van der Waals surface area contributed by atoms with Crippen molar-refractivity contribution in [3.05, 3.63) is 11.6 Å². The number of nitrogens with two attached hydrogens (primary N) is 1. The third kappa shape index (κ3) is 3.32. The average molecular weight is 238 g/mol. The minimum atomic E-state index is 0.194. The minimum Gasteiger partial charge on any atom is -0.336 e. The van der Waals surface area contributed by atoms with Crippen molar-refractivity contribution in [3.8, 4) is 0 Å². The van der Waals surface area contributed by atoms with Crippen LogP contribution in [0.1, 0.15) is 46.5 Å². The molecule has 0 spiro atoms. The number of allylic oxidation sites excluding steroid dienone is 1. The van der Waals surface area contributed by atoms with Crippen LogP contribution in [0.15, 0.2) is 11.6 Å². The Kier molecular flexibility index (Phi) is 5.69. The van der Waals surface area contributed by atoms with E-state index in [1.165, 1.54) is 12.8 Å². The van der Waals surface area contributed by atoms with Gasteiger partial charge in [0.15, 0.2) is 0 Å². The third-order valence-corrected chi connectivity index (χ3v) is 3.77. The Balaban J connectivity index is 2.77. The Hall–Kier alpha value is -0.830. The van der Waals surface area contributed by atoms with Crippen LogP contribution in [-0.4, -0.2) is 29.9 Å². The number of amides is 1. The first-order chi connectivity index (χ1) is 8.15. The summed E-state index contributed by atoms with van der Waals surface area (Å²) in [7, 11) is 0. The van der Waals surface area contributed by atoms with E-state index in [-0.39, 0.29) is 5.91 Å². The molecule has 1 saturated carbocycles. The molecule has 0 bridgehead atoms. The molecule has 3 nitrogen and oxygen atoms in total. The Bertz CT molecular complexity index is 286. The Morgan fingerprint density at radius 1 is 1.41 bits per heavy atom. The molecule has 0 radical (unpaired) electrons. The zero-order valence-electron chi connectivity index (χ0n) is 11.4. The van der Waals surface area contributed by atoms with Crippen molar-refractivity contribution in [2.24, 2.45) is 11.7 Å². The number of hydrogen-bond donors (Lipinski definition) is 1. The Morgan fingerprint density at radius 2 is 2.12 bits per heavy atom. The van der Waals surface area contributed by atoms with Gasteiger partial charge in [0.2, 0.25) is 5.91 Å². The Labute approximate surface area is 105 Å². The first-order valence-electron chi connectivity index (χ1n) is 6.83. The van der Waals surface area contributed by atoms with E-state index in [0.29, 0.717) is 18.5 Å². The summed E-state index contributed by atoms with van der Waals surface area (Å²) in [6, 6.07) is 0.359. The van der Waals surface area contributed by atoms with Crippen molar-refractivity contribution in [1.29, 1.82) is 0 Å². The first kappa shape index (κ1) is 14.2. The van der Waals surface area contributed by atoms with Crippen molar-refractivity contribution in [2.45, 2.75) is 52.5 Å². The van der Waals surface area contributed by atoms with Gasteiger partial charge >= 0.3 is 0 Å². The van der Waals surface area contributed by atoms with Crippen LogP contribution in [-0.2, 0) is 4.79 Å². The maximum absolute atomic E-state index is 12.3. The van der Waals surface area contributed by atoms with Crippen LogP contribution >= 0.6 is 0 Å². The second-order valence-corrected chi connectivity index (χ2v) is 4.88. The second-order valence-electron chi connectivity index (χ2n) is 4.88. The van der Waals surface area contributed by atoms with Crippen LogP contribution in [0.5, 0.6) is 0 Å². The van der Waals surface area contributed by atoms with Gasteiger partial charge in [0.25, 0.3) is 0 Å². The van der Waals surface area contributed by atoms with Gasteiger partial charge in [0, 0.05) is 18.2 Å². The van der Waals surface area contributed by atoms with Gasteiger partial charge in [-0.25, -0.2) is 0 Å². The largest absolute Gasteiger partial charge is 0.336 e. The molecular formula is C14H26N2O. The molecule has 17 heavy (non-hydrogen) atoms. The third-order valence-electron chi connectivity index (χ3n) is 3.77. The molecule has 1 amide bonds. The van der Waals surface area contributed by atoms with Crippen molar-refractivity contribution in [2.75, 3.05) is 13.1 Å². The van der Waals surface area contributed by atoms with E-state index in [0.717, 1.165) is 25.0 Å². The van der Waals surface area contributed by atoms with Crippen LogP contribution in [0.2, 0.25) is 0 Å². The van der Waals surface area contributed by atoms with Gasteiger partial charge in [0.05, 0.1) is 0 Å². The molecule has 0 aliphatic heterocycles. The van der Waals surface area contributed by atoms with Gasteiger partial charge in [0.1, 0.15) is 0 Å². The summed E-state index contributed by atoms with van der Waals surface area (Å²) >= 11 is 0. The van der Waals surface area contributed by atoms with Gasteiger partial charge in [-0.05, 0) is 45.6 Å². The van der Waals surface area contributed by atoms with Gasteiger partial charge in [-0.3, -0.25) is 4.79 Å². The molecule has 1 fully saturated rings. The fraction of sp³-hybridized carbons (Fsp3) is 0.786. The van der Waals surface area contributed by atoms with Crippen LogP contribution in [0.4, 0.5) is 0 Å². The SMILES string of the molecule is CCC=C(C)C(=O)N(CC)C1CCCC1CN. The number of rotatable bonds is 5. The van der Waals surface area contributed by atoms with Crippen LogP contribution in [0, 0.1) is 5.92 Å². The zero-order valence-corrected chi connectivity index (χ0v) is 11.4. The summed E-state index contributed by atoms with van der Waals surface area (Å²) in [5, 5.41) is 0. The fourth-order valence-corrected chi connectivity index (χ4v) is 2.85. The lowest BCUT2D eigenvalue weighted by atomic mass is 10.0. The quantitative estimate of drug-likeness (QED) is 0.747. The van der Waals surface area contributed by atoms with E-state index in [1.807, 2.05) is 17.9 Å². The highest BCUT2D eigenvalue weighted by Gasteiger charge is 2.33.